The molecule has 5 heteroatoms. The number of aromatic carboxylic acids is 1. The van der Waals surface area contributed by atoms with Crippen molar-refractivity contribution in [3.63, 3.8) is 0 Å². The van der Waals surface area contributed by atoms with Crippen molar-refractivity contribution < 1.29 is 14.4 Å². The largest absolute Gasteiger partial charge is 0.475 e. The second-order valence-electron chi connectivity index (χ2n) is 2.59. The summed E-state index contributed by atoms with van der Waals surface area (Å²) in [5.41, 5.74) is 0.701. The standard InChI is InChI=1S/C9H6N2O3/c12-9(13)7-10-8(14-11-7)6-4-2-1-3-5-6/h1-5H,(H,12,13). The number of hydrogen-bond donors (Lipinski definition) is 1. The van der Waals surface area contributed by atoms with Gasteiger partial charge in [0.2, 0.25) is 0 Å². The molecule has 0 amide bonds. The lowest BCUT2D eigenvalue weighted by molar-refractivity contribution is 0.0680. The van der Waals surface area contributed by atoms with Crippen molar-refractivity contribution in [2.45, 2.75) is 0 Å². The molecular weight excluding hydrogens is 184 g/mol. The highest BCUT2D eigenvalue weighted by Gasteiger charge is 2.13. The Balaban J connectivity index is 2.39. The van der Waals surface area contributed by atoms with Crippen LogP contribution in [0.3, 0.4) is 0 Å². The molecule has 0 saturated carbocycles. The quantitative estimate of drug-likeness (QED) is 0.775. The predicted molar refractivity (Wildman–Crippen MR) is 46.7 cm³/mol. The Hall–Kier alpha value is -2.17. The molecule has 5 nitrogen and oxygen atoms in total. The van der Waals surface area contributed by atoms with E-state index in [2.05, 4.69) is 10.1 Å². The number of rotatable bonds is 2. The normalized spacial score (nSPS) is 10.0. The van der Waals surface area contributed by atoms with Crippen LogP contribution < -0.4 is 0 Å². The molecule has 0 atom stereocenters. The van der Waals surface area contributed by atoms with Gasteiger partial charge in [0.15, 0.2) is 0 Å². The minimum absolute atomic E-state index is 0.211. The van der Waals surface area contributed by atoms with Gasteiger partial charge in [-0.15, -0.1) is 0 Å². The molecule has 0 aliphatic carbocycles. The van der Waals surface area contributed by atoms with Gasteiger partial charge in [-0.05, 0) is 17.3 Å². The molecule has 0 aliphatic heterocycles. The van der Waals surface area contributed by atoms with Crippen molar-refractivity contribution in [1.82, 2.24) is 10.1 Å². The highest BCUT2D eigenvalue weighted by molar-refractivity contribution is 5.83. The molecule has 0 spiro atoms. The maximum Gasteiger partial charge on any atom is 0.377 e. The summed E-state index contributed by atoms with van der Waals surface area (Å²) in [5.74, 6) is -1.32. The molecule has 1 N–H and O–H groups in total. The number of hydrogen-bond acceptors (Lipinski definition) is 4. The van der Waals surface area contributed by atoms with Crippen LogP contribution in [0.5, 0.6) is 0 Å². The first-order valence-corrected chi connectivity index (χ1v) is 3.90. The zero-order chi connectivity index (χ0) is 9.97. The van der Waals surface area contributed by atoms with Crippen molar-refractivity contribution in [2.75, 3.05) is 0 Å². The van der Waals surface area contributed by atoms with Gasteiger partial charge >= 0.3 is 5.97 Å². The summed E-state index contributed by atoms with van der Waals surface area (Å²) in [6.07, 6.45) is 0. The lowest BCUT2D eigenvalue weighted by Gasteiger charge is -1.89. The summed E-state index contributed by atoms with van der Waals surface area (Å²) < 4.78 is 4.77. The van der Waals surface area contributed by atoms with E-state index in [0.29, 0.717) is 5.56 Å². The van der Waals surface area contributed by atoms with Gasteiger partial charge in [-0.2, -0.15) is 4.98 Å². The Morgan fingerprint density at radius 2 is 2.00 bits per heavy atom. The Bertz CT molecular complexity index is 450. The van der Waals surface area contributed by atoms with E-state index < -0.39 is 5.97 Å². The number of carbonyl (C=O) groups is 1. The number of nitrogens with zero attached hydrogens (tertiary/aromatic N) is 2. The van der Waals surface area contributed by atoms with Crippen molar-refractivity contribution in [3.05, 3.63) is 36.2 Å². The fraction of sp³-hybridized carbons (Fsp3) is 0. The van der Waals surface area contributed by atoms with E-state index in [0.717, 1.165) is 0 Å². The number of carboxylic acid groups (broad SMARTS) is 1. The molecular formula is C9H6N2O3. The van der Waals surface area contributed by atoms with Gasteiger partial charge in [-0.1, -0.05) is 18.2 Å². The smallest absolute Gasteiger partial charge is 0.377 e. The monoisotopic (exact) mass is 190 g/mol. The summed E-state index contributed by atoms with van der Waals surface area (Å²) >= 11 is 0. The fourth-order valence-corrected chi connectivity index (χ4v) is 1.01. The summed E-state index contributed by atoms with van der Waals surface area (Å²) in [4.78, 5) is 14.2. The van der Waals surface area contributed by atoms with Gasteiger partial charge in [0.1, 0.15) is 0 Å². The average molecular weight is 190 g/mol. The predicted octanol–water partition coefficient (Wildman–Crippen LogP) is 1.43. The van der Waals surface area contributed by atoms with E-state index in [4.69, 9.17) is 9.63 Å². The lowest BCUT2D eigenvalue weighted by atomic mass is 10.2. The van der Waals surface area contributed by atoms with Crippen LogP contribution >= 0.6 is 0 Å². The highest BCUT2D eigenvalue weighted by Crippen LogP contribution is 2.15. The molecule has 1 heterocycles. The van der Waals surface area contributed by atoms with E-state index in [1.165, 1.54) is 0 Å². The summed E-state index contributed by atoms with van der Waals surface area (Å²) in [7, 11) is 0. The minimum Gasteiger partial charge on any atom is -0.475 e. The second-order valence-corrected chi connectivity index (χ2v) is 2.59. The molecule has 2 aromatic rings. The lowest BCUT2D eigenvalue weighted by Crippen LogP contribution is -1.98. The maximum atomic E-state index is 10.5. The third-order valence-electron chi connectivity index (χ3n) is 1.64. The van der Waals surface area contributed by atoms with Crippen molar-refractivity contribution in [1.29, 1.82) is 0 Å². The van der Waals surface area contributed by atoms with Crippen LogP contribution in [-0.4, -0.2) is 21.2 Å². The molecule has 2 rings (SSSR count). The third kappa shape index (κ3) is 1.47. The van der Waals surface area contributed by atoms with E-state index >= 15 is 0 Å². The maximum absolute atomic E-state index is 10.5. The van der Waals surface area contributed by atoms with Gasteiger partial charge < -0.3 is 9.63 Å². The van der Waals surface area contributed by atoms with Crippen LogP contribution in [0.25, 0.3) is 11.5 Å². The summed E-state index contributed by atoms with van der Waals surface area (Å²) in [6, 6.07) is 8.98. The summed E-state index contributed by atoms with van der Waals surface area (Å²) in [5, 5.41) is 11.9. The van der Waals surface area contributed by atoms with Gasteiger partial charge in [-0.25, -0.2) is 4.79 Å². The molecule has 14 heavy (non-hydrogen) atoms. The molecule has 0 radical (unpaired) electrons. The van der Waals surface area contributed by atoms with Crippen molar-refractivity contribution >= 4 is 5.97 Å². The Kier molecular flexibility index (Phi) is 1.98. The molecule has 1 aromatic carbocycles. The Labute approximate surface area is 79.0 Å². The zero-order valence-electron chi connectivity index (χ0n) is 7.04. The van der Waals surface area contributed by atoms with E-state index in [9.17, 15) is 4.79 Å². The average Bonchev–Trinajstić information content (AvgIpc) is 2.68. The topological polar surface area (TPSA) is 76.2 Å². The second kappa shape index (κ2) is 3.29. The minimum atomic E-state index is -1.20. The Morgan fingerprint density at radius 1 is 1.29 bits per heavy atom. The molecule has 1 aromatic heterocycles. The zero-order valence-corrected chi connectivity index (χ0v) is 7.04. The van der Waals surface area contributed by atoms with Gasteiger partial charge in [0.25, 0.3) is 11.7 Å². The molecule has 0 saturated heterocycles. The van der Waals surface area contributed by atoms with Crippen LogP contribution in [0.1, 0.15) is 10.6 Å². The van der Waals surface area contributed by atoms with Crippen molar-refractivity contribution in [2.24, 2.45) is 0 Å². The van der Waals surface area contributed by atoms with Crippen LogP contribution in [0, 0.1) is 0 Å². The fourth-order valence-electron chi connectivity index (χ4n) is 1.01. The van der Waals surface area contributed by atoms with Gasteiger partial charge in [-0.3, -0.25) is 0 Å². The first-order chi connectivity index (χ1) is 6.77. The Morgan fingerprint density at radius 3 is 2.57 bits per heavy atom. The van der Waals surface area contributed by atoms with Gasteiger partial charge in [0.05, 0.1) is 0 Å². The van der Waals surface area contributed by atoms with Crippen LogP contribution in [0.2, 0.25) is 0 Å². The molecule has 0 aliphatic rings. The van der Waals surface area contributed by atoms with E-state index in [1.54, 1.807) is 24.3 Å². The van der Waals surface area contributed by atoms with Crippen LogP contribution in [0.4, 0.5) is 0 Å². The van der Waals surface area contributed by atoms with Crippen LogP contribution in [-0.2, 0) is 0 Å². The third-order valence-corrected chi connectivity index (χ3v) is 1.64. The van der Waals surface area contributed by atoms with E-state index in [1.807, 2.05) is 6.07 Å². The van der Waals surface area contributed by atoms with Crippen molar-refractivity contribution in [3.8, 4) is 11.5 Å². The van der Waals surface area contributed by atoms with Crippen LogP contribution in [0.15, 0.2) is 34.9 Å². The number of benzene rings is 1. The first-order valence-electron chi connectivity index (χ1n) is 3.90. The number of aromatic nitrogens is 2. The first kappa shape index (κ1) is 8.43. The highest BCUT2D eigenvalue weighted by atomic mass is 16.5. The van der Waals surface area contributed by atoms with Gasteiger partial charge in [0, 0.05) is 5.56 Å². The van der Waals surface area contributed by atoms with E-state index in [-0.39, 0.29) is 11.7 Å². The SMILES string of the molecule is O=C(O)c1noc(-c2ccccc2)n1. The number of carboxylic acids is 1. The molecule has 0 bridgehead atoms. The molecule has 0 fully saturated rings. The molecule has 0 unspecified atom stereocenters. The molecule has 70 valence electrons. The summed E-state index contributed by atoms with van der Waals surface area (Å²) in [6.45, 7) is 0.